The lowest BCUT2D eigenvalue weighted by molar-refractivity contribution is -0.0191. The minimum atomic E-state index is 0.0444. The molecule has 1 rings (SSSR count). The molecule has 1 aliphatic rings. The van der Waals surface area contributed by atoms with E-state index in [0.29, 0.717) is 0 Å². The van der Waals surface area contributed by atoms with Gasteiger partial charge in [-0.25, -0.2) is 0 Å². The second-order valence-corrected chi connectivity index (χ2v) is 5.87. The summed E-state index contributed by atoms with van der Waals surface area (Å²) in [4.78, 5) is 0. The Balaban J connectivity index is 2.03. The van der Waals surface area contributed by atoms with Crippen LogP contribution in [0, 0.1) is 5.92 Å². The molecule has 0 aromatic heterocycles. The number of rotatable bonds is 6. The van der Waals surface area contributed by atoms with E-state index in [9.17, 15) is 0 Å². The highest BCUT2D eigenvalue weighted by atomic mass is 16.5. The Bertz CT molecular complexity index is 183. The van der Waals surface area contributed by atoms with Gasteiger partial charge in [0, 0.05) is 12.6 Å². The van der Waals surface area contributed by atoms with Crippen molar-refractivity contribution in [2.24, 2.45) is 5.92 Å². The quantitative estimate of drug-likeness (QED) is 0.703. The van der Waals surface area contributed by atoms with Crippen molar-refractivity contribution >= 4 is 0 Å². The molecular weight excluding hydrogens is 198 g/mol. The van der Waals surface area contributed by atoms with Gasteiger partial charge in [-0.05, 0) is 51.9 Å². The van der Waals surface area contributed by atoms with E-state index in [0.717, 1.165) is 31.5 Å². The van der Waals surface area contributed by atoms with Crippen LogP contribution in [0.1, 0.15) is 59.8 Å². The Hall–Kier alpha value is -0.0800. The van der Waals surface area contributed by atoms with E-state index in [2.05, 4.69) is 33.0 Å². The van der Waals surface area contributed by atoms with Crippen molar-refractivity contribution in [3.63, 3.8) is 0 Å². The van der Waals surface area contributed by atoms with Crippen LogP contribution in [0.2, 0.25) is 0 Å². The Morgan fingerprint density at radius 2 is 1.81 bits per heavy atom. The van der Waals surface area contributed by atoms with Crippen molar-refractivity contribution in [3.05, 3.63) is 0 Å². The fourth-order valence-electron chi connectivity index (χ4n) is 2.16. The first kappa shape index (κ1) is 14.0. The van der Waals surface area contributed by atoms with E-state index < -0.39 is 0 Å². The Labute approximate surface area is 101 Å². The van der Waals surface area contributed by atoms with Gasteiger partial charge in [0.25, 0.3) is 0 Å². The van der Waals surface area contributed by atoms with Gasteiger partial charge in [-0.2, -0.15) is 0 Å². The molecule has 2 heteroatoms. The molecule has 0 saturated heterocycles. The highest BCUT2D eigenvalue weighted by molar-refractivity contribution is 4.75. The van der Waals surface area contributed by atoms with Crippen molar-refractivity contribution in [3.8, 4) is 0 Å². The maximum atomic E-state index is 5.83. The van der Waals surface area contributed by atoms with Crippen molar-refractivity contribution < 1.29 is 4.74 Å². The van der Waals surface area contributed by atoms with Crippen molar-refractivity contribution in [2.75, 3.05) is 13.2 Å². The lowest BCUT2D eigenvalue weighted by Crippen LogP contribution is -2.36. The van der Waals surface area contributed by atoms with Crippen molar-refractivity contribution in [2.45, 2.75) is 71.4 Å². The van der Waals surface area contributed by atoms with Crippen molar-refractivity contribution in [1.29, 1.82) is 0 Å². The zero-order valence-electron chi connectivity index (χ0n) is 11.5. The molecule has 0 amide bonds. The second-order valence-electron chi connectivity index (χ2n) is 5.87. The molecule has 0 atom stereocenters. The third kappa shape index (κ3) is 5.31. The van der Waals surface area contributed by atoms with Gasteiger partial charge in [0.2, 0.25) is 0 Å². The van der Waals surface area contributed by atoms with Crippen LogP contribution in [0.5, 0.6) is 0 Å². The predicted molar refractivity (Wildman–Crippen MR) is 69.7 cm³/mol. The lowest BCUT2D eigenvalue weighted by atomic mass is 9.87. The summed E-state index contributed by atoms with van der Waals surface area (Å²) in [7, 11) is 0. The van der Waals surface area contributed by atoms with Gasteiger partial charge in [-0.1, -0.05) is 13.8 Å². The molecule has 0 aliphatic heterocycles. The van der Waals surface area contributed by atoms with E-state index >= 15 is 0 Å². The van der Waals surface area contributed by atoms with E-state index in [1.807, 2.05) is 0 Å². The molecule has 0 spiro atoms. The highest BCUT2D eigenvalue weighted by Gasteiger charge is 2.18. The Kier molecular flexibility index (Phi) is 5.77. The largest absolute Gasteiger partial charge is 0.374 e. The lowest BCUT2D eigenvalue weighted by Gasteiger charge is -2.28. The predicted octanol–water partition coefficient (Wildman–Crippen LogP) is 3.36. The minimum absolute atomic E-state index is 0.0444. The fourth-order valence-corrected chi connectivity index (χ4v) is 2.16. The zero-order chi connectivity index (χ0) is 12.0. The standard InChI is InChI=1S/C14H29NO/c1-5-14(3,4)16-11-10-15-13-8-6-12(2)7-9-13/h12-13,15H,5-11H2,1-4H3. The second kappa shape index (κ2) is 6.61. The van der Waals surface area contributed by atoms with Crippen LogP contribution >= 0.6 is 0 Å². The van der Waals surface area contributed by atoms with Gasteiger partial charge in [-0.3, -0.25) is 0 Å². The van der Waals surface area contributed by atoms with Gasteiger partial charge in [0.1, 0.15) is 0 Å². The first-order chi connectivity index (χ1) is 7.53. The number of hydrogen-bond donors (Lipinski definition) is 1. The molecule has 1 fully saturated rings. The number of ether oxygens (including phenoxy) is 1. The van der Waals surface area contributed by atoms with Gasteiger partial charge < -0.3 is 10.1 Å². The summed E-state index contributed by atoms with van der Waals surface area (Å²) >= 11 is 0. The Morgan fingerprint density at radius 1 is 1.19 bits per heavy atom. The monoisotopic (exact) mass is 227 g/mol. The van der Waals surface area contributed by atoms with Crippen LogP contribution in [0.25, 0.3) is 0 Å². The minimum Gasteiger partial charge on any atom is -0.374 e. The van der Waals surface area contributed by atoms with Crippen LogP contribution < -0.4 is 5.32 Å². The molecule has 1 aliphatic carbocycles. The van der Waals surface area contributed by atoms with Crippen LogP contribution in [0.15, 0.2) is 0 Å². The van der Waals surface area contributed by atoms with Crippen LogP contribution in [0.4, 0.5) is 0 Å². The molecule has 1 N–H and O–H groups in total. The highest BCUT2D eigenvalue weighted by Crippen LogP contribution is 2.23. The molecule has 16 heavy (non-hydrogen) atoms. The number of nitrogens with one attached hydrogen (secondary N) is 1. The van der Waals surface area contributed by atoms with Gasteiger partial charge in [0.05, 0.1) is 12.2 Å². The van der Waals surface area contributed by atoms with Crippen LogP contribution in [-0.2, 0) is 4.74 Å². The third-order valence-electron chi connectivity index (χ3n) is 3.90. The number of hydrogen-bond acceptors (Lipinski definition) is 2. The summed E-state index contributed by atoms with van der Waals surface area (Å²) < 4.78 is 5.83. The fraction of sp³-hybridized carbons (Fsp3) is 1.00. The molecule has 2 nitrogen and oxygen atoms in total. The van der Waals surface area contributed by atoms with E-state index in [4.69, 9.17) is 4.74 Å². The maximum Gasteiger partial charge on any atom is 0.0624 e. The maximum absolute atomic E-state index is 5.83. The topological polar surface area (TPSA) is 21.3 Å². The molecule has 0 aromatic carbocycles. The van der Waals surface area contributed by atoms with Crippen LogP contribution in [-0.4, -0.2) is 24.8 Å². The third-order valence-corrected chi connectivity index (χ3v) is 3.90. The Morgan fingerprint density at radius 3 is 2.38 bits per heavy atom. The average molecular weight is 227 g/mol. The SMILES string of the molecule is CCC(C)(C)OCCNC1CCC(C)CC1. The summed E-state index contributed by atoms with van der Waals surface area (Å²) in [6.45, 7) is 10.7. The molecule has 0 unspecified atom stereocenters. The molecule has 96 valence electrons. The van der Waals surface area contributed by atoms with E-state index in [1.54, 1.807) is 0 Å². The summed E-state index contributed by atoms with van der Waals surface area (Å²) in [6.07, 6.45) is 6.54. The van der Waals surface area contributed by atoms with Gasteiger partial charge >= 0.3 is 0 Å². The molecule has 0 radical (unpaired) electrons. The molecular formula is C14H29NO. The zero-order valence-corrected chi connectivity index (χ0v) is 11.5. The molecule has 0 bridgehead atoms. The summed E-state index contributed by atoms with van der Waals surface area (Å²) in [5, 5.41) is 3.61. The average Bonchev–Trinajstić information content (AvgIpc) is 2.27. The first-order valence-electron chi connectivity index (χ1n) is 6.91. The van der Waals surface area contributed by atoms with Gasteiger partial charge in [-0.15, -0.1) is 0 Å². The summed E-state index contributed by atoms with van der Waals surface area (Å²) in [6, 6.07) is 0.740. The van der Waals surface area contributed by atoms with E-state index in [1.165, 1.54) is 25.7 Å². The summed E-state index contributed by atoms with van der Waals surface area (Å²) in [5.41, 5.74) is 0.0444. The first-order valence-corrected chi connectivity index (χ1v) is 6.91. The summed E-state index contributed by atoms with van der Waals surface area (Å²) in [5.74, 6) is 0.938. The van der Waals surface area contributed by atoms with Crippen LogP contribution in [0.3, 0.4) is 0 Å². The molecule has 0 aromatic rings. The van der Waals surface area contributed by atoms with Crippen molar-refractivity contribution in [1.82, 2.24) is 5.32 Å². The molecule has 0 heterocycles. The van der Waals surface area contributed by atoms with E-state index in [-0.39, 0.29) is 5.60 Å². The smallest absolute Gasteiger partial charge is 0.0624 e. The van der Waals surface area contributed by atoms with Gasteiger partial charge in [0.15, 0.2) is 0 Å². The normalized spacial score (nSPS) is 27.0. The molecule has 1 saturated carbocycles.